The van der Waals surface area contributed by atoms with Gasteiger partial charge in [-0.2, -0.15) is 0 Å². The SMILES string of the molecule is Brc1cccc(-c2nc(-c3ccccc3)c3ccc4ccccc4c3n2)c1.OB(O)c1cccc(-n2c3ccccc3c3ccccc32)c1.c1ccc(-c2nc(-c3cccc(-c4cccc(-n5c6ccccc6c6ccccc65)c4)c3)nc3c2ccc2ccccc23)cc1. The Bertz CT molecular complexity index is 5790. The van der Waals surface area contributed by atoms with E-state index in [1.54, 1.807) is 6.07 Å². The van der Waals surface area contributed by atoms with Gasteiger partial charge in [-0.05, 0) is 106 Å². The summed E-state index contributed by atoms with van der Waals surface area (Å²) in [5, 5.41) is 30.5. The van der Waals surface area contributed by atoms with Crippen LogP contribution in [-0.2, 0) is 0 Å². The van der Waals surface area contributed by atoms with Crippen LogP contribution in [-0.4, -0.2) is 46.2 Å². The summed E-state index contributed by atoms with van der Waals surface area (Å²) in [4.78, 5) is 20.3. The molecule has 94 heavy (non-hydrogen) atoms. The van der Waals surface area contributed by atoms with E-state index in [0.29, 0.717) is 5.46 Å². The molecule has 0 fully saturated rings. The van der Waals surface area contributed by atoms with Gasteiger partial charge in [0.2, 0.25) is 0 Å². The molecule has 0 unspecified atom stereocenters. The fraction of sp³-hybridized carbons (Fsp3) is 0. The van der Waals surface area contributed by atoms with Gasteiger partial charge in [0.1, 0.15) is 0 Å². The molecule has 4 heterocycles. The first-order chi connectivity index (χ1) is 46.4. The summed E-state index contributed by atoms with van der Waals surface area (Å²) < 4.78 is 5.53. The average Bonchev–Trinajstić information content (AvgIpc) is 1.56. The van der Waals surface area contributed by atoms with E-state index >= 15 is 0 Å². The van der Waals surface area contributed by atoms with Crippen molar-refractivity contribution in [2.45, 2.75) is 0 Å². The first kappa shape index (κ1) is 57.5. The van der Waals surface area contributed by atoms with Crippen LogP contribution in [0.4, 0.5) is 0 Å². The molecule has 0 saturated heterocycles. The number of halogens is 1. The maximum Gasteiger partial charge on any atom is 0.488 e. The number of fused-ring (bicyclic) bond motifs is 12. The number of hydrogen-bond donors (Lipinski definition) is 2. The second-order valence-corrected chi connectivity index (χ2v) is 24.2. The minimum absolute atomic E-state index is 0.486. The number of hydrogen-bond acceptors (Lipinski definition) is 6. The van der Waals surface area contributed by atoms with Gasteiger partial charge in [0, 0.05) is 81.2 Å². The molecule has 10 heteroatoms. The van der Waals surface area contributed by atoms with Crippen molar-refractivity contribution in [1.29, 1.82) is 0 Å². The molecule has 0 amide bonds. The summed E-state index contributed by atoms with van der Waals surface area (Å²) in [6, 6.07) is 113. The molecule has 0 aliphatic heterocycles. The lowest BCUT2D eigenvalue weighted by Gasteiger charge is -2.13. The maximum absolute atomic E-state index is 9.42. The molecule has 8 nitrogen and oxygen atoms in total. The van der Waals surface area contributed by atoms with E-state index < -0.39 is 7.12 Å². The molecule has 18 aromatic rings. The summed E-state index contributed by atoms with van der Waals surface area (Å²) in [6.07, 6.45) is 0. The molecule has 444 valence electrons. The summed E-state index contributed by atoms with van der Waals surface area (Å²) >= 11 is 3.56. The van der Waals surface area contributed by atoms with Gasteiger partial charge in [0.25, 0.3) is 0 Å². The Morgan fingerprint density at radius 1 is 0.266 bits per heavy atom. The second kappa shape index (κ2) is 24.9. The van der Waals surface area contributed by atoms with Crippen LogP contribution in [0, 0.1) is 0 Å². The molecule has 0 bridgehead atoms. The summed E-state index contributed by atoms with van der Waals surface area (Å²) in [5.74, 6) is 1.46. The minimum Gasteiger partial charge on any atom is -0.423 e. The second-order valence-electron chi connectivity index (χ2n) is 23.2. The molecule has 0 saturated carbocycles. The predicted octanol–water partition coefficient (Wildman–Crippen LogP) is 20.2. The zero-order valence-electron chi connectivity index (χ0n) is 50.7. The minimum atomic E-state index is -1.46. The van der Waals surface area contributed by atoms with Gasteiger partial charge in [-0.25, -0.2) is 19.9 Å². The quantitative estimate of drug-likeness (QED) is 0.116. The molecule has 18 rings (SSSR count). The highest BCUT2D eigenvalue weighted by atomic mass is 79.9. The highest BCUT2D eigenvalue weighted by molar-refractivity contribution is 9.10. The lowest BCUT2D eigenvalue weighted by molar-refractivity contribution is 0.425. The van der Waals surface area contributed by atoms with Crippen LogP contribution in [0.5, 0.6) is 0 Å². The number of nitrogens with zero attached hydrogens (tertiary/aromatic N) is 6. The Kier molecular flexibility index (Phi) is 15.2. The van der Waals surface area contributed by atoms with Crippen molar-refractivity contribution < 1.29 is 10.0 Å². The van der Waals surface area contributed by atoms with Crippen LogP contribution in [0.3, 0.4) is 0 Å². The fourth-order valence-electron chi connectivity index (χ4n) is 13.1. The normalized spacial score (nSPS) is 11.4. The first-order valence-corrected chi connectivity index (χ1v) is 32.1. The molecular formula is C84H56BBrN6O2. The largest absolute Gasteiger partial charge is 0.488 e. The molecule has 0 radical (unpaired) electrons. The smallest absolute Gasteiger partial charge is 0.423 e. The summed E-state index contributed by atoms with van der Waals surface area (Å²) in [7, 11) is -1.46. The van der Waals surface area contributed by atoms with Crippen LogP contribution in [0.25, 0.3) is 155 Å². The highest BCUT2D eigenvalue weighted by Gasteiger charge is 2.19. The molecule has 0 aliphatic rings. The monoisotopic (exact) mass is 1270 g/mol. The van der Waals surface area contributed by atoms with Crippen LogP contribution in [0.2, 0.25) is 0 Å². The zero-order valence-corrected chi connectivity index (χ0v) is 52.3. The lowest BCUT2D eigenvalue weighted by atomic mass is 9.80. The van der Waals surface area contributed by atoms with Crippen molar-refractivity contribution in [2.75, 3.05) is 0 Å². The third kappa shape index (κ3) is 10.8. The predicted molar refractivity (Wildman–Crippen MR) is 394 cm³/mol. The molecule has 0 atom stereocenters. The van der Waals surface area contributed by atoms with Crippen molar-refractivity contribution in [1.82, 2.24) is 29.1 Å². The van der Waals surface area contributed by atoms with Crippen molar-refractivity contribution in [2.24, 2.45) is 0 Å². The molecule has 14 aromatic carbocycles. The van der Waals surface area contributed by atoms with Crippen LogP contribution in [0.15, 0.2) is 332 Å². The Morgan fingerprint density at radius 2 is 0.628 bits per heavy atom. The van der Waals surface area contributed by atoms with Crippen molar-refractivity contribution >= 4 is 115 Å². The average molecular weight is 1270 g/mol. The van der Waals surface area contributed by atoms with Crippen molar-refractivity contribution in [3.63, 3.8) is 0 Å². The van der Waals surface area contributed by atoms with E-state index in [4.69, 9.17) is 19.9 Å². The number of benzene rings is 14. The Morgan fingerprint density at radius 3 is 1.10 bits per heavy atom. The van der Waals surface area contributed by atoms with E-state index in [-0.39, 0.29) is 0 Å². The Labute approximate surface area is 550 Å². The Hall–Kier alpha value is -11.7. The van der Waals surface area contributed by atoms with E-state index in [9.17, 15) is 10.0 Å². The van der Waals surface area contributed by atoms with Crippen LogP contribution < -0.4 is 5.46 Å². The highest BCUT2D eigenvalue weighted by Crippen LogP contribution is 2.39. The molecule has 0 aliphatic carbocycles. The van der Waals surface area contributed by atoms with Crippen LogP contribution in [0.1, 0.15) is 0 Å². The van der Waals surface area contributed by atoms with Gasteiger partial charge in [-0.1, -0.05) is 265 Å². The van der Waals surface area contributed by atoms with Gasteiger partial charge >= 0.3 is 7.12 Å². The molecule has 2 N–H and O–H groups in total. The number of aromatic nitrogens is 6. The van der Waals surface area contributed by atoms with E-state index in [2.05, 4.69) is 262 Å². The summed E-state index contributed by atoms with van der Waals surface area (Å²) in [6.45, 7) is 0. The van der Waals surface area contributed by atoms with Gasteiger partial charge < -0.3 is 19.2 Å². The van der Waals surface area contributed by atoms with Gasteiger partial charge in [-0.15, -0.1) is 0 Å². The summed E-state index contributed by atoms with van der Waals surface area (Å²) in [5.41, 5.74) is 17.4. The zero-order chi connectivity index (χ0) is 63.1. The van der Waals surface area contributed by atoms with E-state index in [1.807, 2.05) is 84.9 Å². The maximum atomic E-state index is 9.42. The van der Waals surface area contributed by atoms with Crippen LogP contribution >= 0.6 is 15.9 Å². The topological polar surface area (TPSA) is 102 Å². The van der Waals surface area contributed by atoms with Gasteiger partial charge in [0.15, 0.2) is 11.6 Å². The third-order valence-electron chi connectivity index (χ3n) is 17.5. The first-order valence-electron chi connectivity index (χ1n) is 31.3. The number of rotatable bonds is 8. The van der Waals surface area contributed by atoms with E-state index in [0.717, 1.165) is 116 Å². The van der Waals surface area contributed by atoms with Crippen molar-refractivity contribution in [3.8, 4) is 67.8 Å². The molecule has 4 aromatic heterocycles. The fourth-order valence-corrected chi connectivity index (χ4v) is 13.5. The lowest BCUT2D eigenvalue weighted by Crippen LogP contribution is -2.29. The van der Waals surface area contributed by atoms with Crippen molar-refractivity contribution in [3.05, 3.63) is 332 Å². The standard InChI is InChI=1S/C42H27N3.C24H15BrN2.C18H14BNO2/c1-2-13-29(14-3-1)40-37-25-24-28-12-4-5-19-34(28)41(37)44-42(43-40)32-17-10-15-30(26-32)31-16-11-18-33(27-31)45-38-22-8-6-20-35(38)36-21-7-9-23-39(36)45;25-19-11-6-10-18(15-19)24-26-22(17-8-2-1-3-9-17)21-14-13-16-7-4-5-12-20(16)23(21)27-24;21-19(22)13-6-5-7-14(12-13)20-17-10-3-1-8-15(17)16-9-2-4-11-18(16)20/h1-27H;1-15H;1-12,21-22H. The van der Waals surface area contributed by atoms with Gasteiger partial charge in [-0.3, -0.25) is 0 Å². The third-order valence-corrected chi connectivity index (χ3v) is 18.0. The van der Waals surface area contributed by atoms with E-state index in [1.165, 1.54) is 43.4 Å². The molecule has 0 spiro atoms. The number of para-hydroxylation sites is 4. The Balaban J connectivity index is 0.000000121. The molecular weight excluding hydrogens is 1220 g/mol. The van der Waals surface area contributed by atoms with Gasteiger partial charge in [0.05, 0.1) is 44.5 Å².